The number of fused-ring (bicyclic) bond motifs is 7. The molecule has 0 N–H and O–H groups in total. The Morgan fingerprint density at radius 3 is 1.84 bits per heavy atom. The molecule has 0 radical (unpaired) electrons. The minimum Gasteiger partial charge on any atom is -0.309 e. The average Bonchev–Trinajstić information content (AvgIpc) is 3.52. The van der Waals surface area contributed by atoms with Gasteiger partial charge in [0.15, 0.2) is 17.5 Å². The van der Waals surface area contributed by atoms with E-state index in [1.54, 1.807) is 0 Å². The maximum Gasteiger partial charge on any atom is 0.166 e. The molecule has 0 aliphatic rings. The molecule has 0 atom stereocenters. The fourth-order valence-electron chi connectivity index (χ4n) is 7.43. The van der Waals surface area contributed by atoms with Gasteiger partial charge >= 0.3 is 0 Å². The molecule has 0 aliphatic carbocycles. The summed E-state index contributed by atoms with van der Waals surface area (Å²) in [5.74, 6) is 1.93. The van der Waals surface area contributed by atoms with Gasteiger partial charge in [-0.2, -0.15) is 0 Å². The van der Waals surface area contributed by atoms with Gasteiger partial charge < -0.3 is 4.57 Å². The average molecular weight is 625 g/mol. The minimum absolute atomic E-state index is 0.635. The summed E-state index contributed by atoms with van der Waals surface area (Å²) in [7, 11) is 0. The Hall–Kier alpha value is -6.65. The van der Waals surface area contributed by atoms with Gasteiger partial charge in [0, 0.05) is 33.2 Å². The second-order valence-corrected chi connectivity index (χ2v) is 12.4. The van der Waals surface area contributed by atoms with Crippen molar-refractivity contribution in [3.8, 4) is 39.9 Å². The van der Waals surface area contributed by atoms with E-state index in [2.05, 4.69) is 156 Å². The maximum absolute atomic E-state index is 5.40. The summed E-state index contributed by atoms with van der Waals surface area (Å²) < 4.78 is 2.34. The van der Waals surface area contributed by atoms with Gasteiger partial charge in [0.05, 0.1) is 11.0 Å². The number of hydrogen-bond donors (Lipinski definition) is 0. The van der Waals surface area contributed by atoms with Gasteiger partial charge in [-0.25, -0.2) is 15.0 Å². The van der Waals surface area contributed by atoms with Gasteiger partial charge in [0.1, 0.15) is 0 Å². The second-order valence-electron chi connectivity index (χ2n) is 12.4. The van der Waals surface area contributed by atoms with Gasteiger partial charge in [-0.05, 0) is 62.6 Å². The Morgan fingerprint density at radius 2 is 1.00 bits per heavy atom. The van der Waals surface area contributed by atoms with Crippen molar-refractivity contribution in [3.63, 3.8) is 0 Å². The number of rotatable bonds is 4. The van der Waals surface area contributed by atoms with Crippen LogP contribution in [-0.2, 0) is 0 Å². The van der Waals surface area contributed by atoms with E-state index in [1.165, 1.54) is 21.5 Å². The van der Waals surface area contributed by atoms with Crippen LogP contribution in [0.4, 0.5) is 0 Å². The van der Waals surface area contributed by atoms with Gasteiger partial charge in [-0.1, -0.05) is 140 Å². The standard InChI is InChI=1S/C45H28N4/c1-3-15-30(16-4-1)43-46-44(38-24-13-23-37-35-22-11-12-25-40(35)49(42(37)38)32-18-5-2-6-19-32)48-45(47-43)41-34-21-10-8-17-31(34)28-39-33-20-9-7-14-29(33)26-27-36(39)41/h1-28H. The number of nitrogens with zero attached hydrogens (tertiary/aromatic N) is 4. The van der Waals surface area contributed by atoms with Crippen molar-refractivity contribution in [1.82, 2.24) is 19.5 Å². The van der Waals surface area contributed by atoms with Crippen molar-refractivity contribution in [1.29, 1.82) is 0 Å². The van der Waals surface area contributed by atoms with Crippen LogP contribution < -0.4 is 0 Å². The Kier molecular flexibility index (Phi) is 6.15. The molecule has 0 aliphatic heterocycles. The smallest absolute Gasteiger partial charge is 0.166 e. The first-order valence-corrected chi connectivity index (χ1v) is 16.5. The summed E-state index contributed by atoms with van der Waals surface area (Å²) in [6.45, 7) is 0. The zero-order chi connectivity index (χ0) is 32.3. The van der Waals surface area contributed by atoms with E-state index in [-0.39, 0.29) is 0 Å². The molecule has 0 unspecified atom stereocenters. The quantitative estimate of drug-likeness (QED) is 0.145. The van der Waals surface area contributed by atoms with E-state index in [9.17, 15) is 0 Å². The van der Waals surface area contributed by atoms with Crippen LogP contribution in [0.5, 0.6) is 0 Å². The molecule has 2 aromatic heterocycles. The van der Waals surface area contributed by atoms with Crippen molar-refractivity contribution in [3.05, 3.63) is 170 Å². The number of para-hydroxylation sites is 3. The van der Waals surface area contributed by atoms with Gasteiger partial charge in [0.25, 0.3) is 0 Å². The summed E-state index contributed by atoms with van der Waals surface area (Å²) in [4.78, 5) is 15.9. The number of hydrogen-bond acceptors (Lipinski definition) is 3. The predicted molar refractivity (Wildman–Crippen MR) is 203 cm³/mol. The molecule has 10 rings (SSSR count). The molecule has 0 spiro atoms. The lowest BCUT2D eigenvalue weighted by Crippen LogP contribution is -2.03. The highest BCUT2D eigenvalue weighted by molar-refractivity contribution is 6.19. The van der Waals surface area contributed by atoms with Gasteiger partial charge in [0.2, 0.25) is 0 Å². The normalized spacial score (nSPS) is 11.7. The van der Waals surface area contributed by atoms with Gasteiger partial charge in [-0.15, -0.1) is 0 Å². The molecule has 0 amide bonds. The summed E-state index contributed by atoms with van der Waals surface area (Å²) >= 11 is 0. The van der Waals surface area contributed by atoms with Crippen LogP contribution in [0, 0.1) is 0 Å². The third kappa shape index (κ3) is 4.35. The Balaban J connectivity index is 1.34. The Labute approximate surface area is 282 Å². The van der Waals surface area contributed by atoms with Crippen LogP contribution >= 0.6 is 0 Å². The van der Waals surface area contributed by atoms with Crippen molar-refractivity contribution in [2.24, 2.45) is 0 Å². The van der Waals surface area contributed by atoms with Crippen LogP contribution in [-0.4, -0.2) is 19.5 Å². The SMILES string of the molecule is c1ccc(-c2nc(-c3c4ccccc4cc4c3ccc3ccccc34)nc(-c3cccc4c5ccccc5n(-c5ccccc5)c34)n2)cc1. The van der Waals surface area contributed by atoms with Crippen molar-refractivity contribution < 1.29 is 0 Å². The first-order valence-electron chi connectivity index (χ1n) is 16.5. The molecule has 228 valence electrons. The molecule has 8 aromatic carbocycles. The van der Waals surface area contributed by atoms with Crippen molar-refractivity contribution in [2.75, 3.05) is 0 Å². The monoisotopic (exact) mass is 624 g/mol. The summed E-state index contributed by atoms with van der Waals surface area (Å²) in [6.07, 6.45) is 0. The number of benzene rings is 8. The zero-order valence-electron chi connectivity index (χ0n) is 26.5. The molecule has 0 bridgehead atoms. The predicted octanol–water partition coefficient (Wildman–Crippen LogP) is 11.4. The number of aromatic nitrogens is 4. The van der Waals surface area contributed by atoms with Gasteiger partial charge in [-0.3, -0.25) is 0 Å². The van der Waals surface area contributed by atoms with Crippen molar-refractivity contribution in [2.45, 2.75) is 0 Å². The van der Waals surface area contributed by atoms with E-state index in [4.69, 9.17) is 15.0 Å². The van der Waals surface area contributed by atoms with E-state index >= 15 is 0 Å². The topological polar surface area (TPSA) is 43.6 Å². The largest absolute Gasteiger partial charge is 0.309 e. The lowest BCUT2D eigenvalue weighted by Gasteiger charge is -2.15. The molecule has 4 nitrogen and oxygen atoms in total. The lowest BCUT2D eigenvalue weighted by molar-refractivity contribution is 1.08. The lowest BCUT2D eigenvalue weighted by atomic mass is 9.93. The van der Waals surface area contributed by atoms with E-state index in [0.29, 0.717) is 17.5 Å². The Bertz CT molecular complexity index is 2870. The molecule has 2 heterocycles. The molecular formula is C45H28N4. The van der Waals surface area contributed by atoms with Crippen LogP contribution in [0.1, 0.15) is 0 Å². The second kappa shape index (κ2) is 11.0. The third-order valence-electron chi connectivity index (χ3n) is 9.61. The Morgan fingerprint density at radius 1 is 0.367 bits per heavy atom. The van der Waals surface area contributed by atoms with Crippen LogP contribution in [0.25, 0.3) is 94.0 Å². The third-order valence-corrected chi connectivity index (χ3v) is 9.61. The first kappa shape index (κ1) is 27.5. The zero-order valence-corrected chi connectivity index (χ0v) is 26.5. The molecule has 0 saturated heterocycles. The maximum atomic E-state index is 5.40. The highest BCUT2D eigenvalue weighted by atomic mass is 15.0. The highest BCUT2D eigenvalue weighted by Crippen LogP contribution is 2.41. The summed E-state index contributed by atoms with van der Waals surface area (Å²) in [5, 5.41) is 9.31. The minimum atomic E-state index is 0.635. The van der Waals surface area contributed by atoms with E-state index in [1.807, 2.05) is 18.2 Å². The van der Waals surface area contributed by atoms with Crippen LogP contribution in [0.15, 0.2) is 170 Å². The van der Waals surface area contributed by atoms with Crippen molar-refractivity contribution >= 4 is 54.1 Å². The summed E-state index contributed by atoms with van der Waals surface area (Å²) in [5.41, 5.74) is 6.20. The van der Waals surface area contributed by atoms with Crippen LogP contribution in [0.2, 0.25) is 0 Å². The highest BCUT2D eigenvalue weighted by Gasteiger charge is 2.21. The molecule has 4 heteroatoms. The molecule has 10 aromatic rings. The van der Waals surface area contributed by atoms with E-state index < -0.39 is 0 Å². The fourth-order valence-corrected chi connectivity index (χ4v) is 7.43. The van der Waals surface area contributed by atoms with E-state index in [0.717, 1.165) is 55.0 Å². The van der Waals surface area contributed by atoms with Crippen LogP contribution in [0.3, 0.4) is 0 Å². The molecule has 0 fully saturated rings. The fraction of sp³-hybridized carbons (Fsp3) is 0. The molecular weight excluding hydrogens is 597 g/mol. The summed E-state index contributed by atoms with van der Waals surface area (Å²) in [6, 6.07) is 59.7. The molecule has 0 saturated carbocycles. The molecule has 49 heavy (non-hydrogen) atoms. The first-order chi connectivity index (χ1) is 24.3.